The van der Waals surface area contributed by atoms with Gasteiger partial charge in [0.15, 0.2) is 0 Å². The maximum atomic E-state index is 12.4. The molecule has 1 spiro atoms. The van der Waals surface area contributed by atoms with E-state index in [4.69, 9.17) is 0 Å². The van der Waals surface area contributed by atoms with E-state index in [1.807, 2.05) is 7.05 Å². The summed E-state index contributed by atoms with van der Waals surface area (Å²) in [5, 5.41) is 2.91. The molecule has 19 heavy (non-hydrogen) atoms. The van der Waals surface area contributed by atoms with Crippen molar-refractivity contribution in [1.29, 1.82) is 0 Å². The normalized spacial score (nSPS) is 23.5. The van der Waals surface area contributed by atoms with E-state index in [1.165, 1.54) is 4.90 Å². The van der Waals surface area contributed by atoms with Crippen LogP contribution in [0, 0.1) is 0 Å². The van der Waals surface area contributed by atoms with Crippen LogP contribution in [0.4, 0.5) is 4.79 Å². The lowest BCUT2D eigenvalue weighted by Crippen LogP contribution is -2.45. The van der Waals surface area contributed by atoms with E-state index in [0.717, 1.165) is 38.6 Å². The van der Waals surface area contributed by atoms with Gasteiger partial charge in [-0.1, -0.05) is 19.8 Å². The number of carbonyl (C=O) groups is 2. The maximum absolute atomic E-state index is 12.4. The molecule has 1 aliphatic carbocycles. The Morgan fingerprint density at radius 2 is 2.00 bits per heavy atom. The van der Waals surface area contributed by atoms with Gasteiger partial charge in [-0.25, -0.2) is 4.79 Å². The van der Waals surface area contributed by atoms with E-state index in [1.54, 1.807) is 0 Å². The quantitative estimate of drug-likeness (QED) is 0.769. The van der Waals surface area contributed by atoms with Gasteiger partial charge in [0.05, 0.1) is 0 Å². The first-order valence-electron chi connectivity index (χ1n) is 7.34. The molecule has 0 aromatic carbocycles. The molecular weight excluding hydrogens is 242 g/mol. The molecule has 1 heterocycles. The van der Waals surface area contributed by atoms with Crippen LogP contribution in [0.15, 0.2) is 0 Å². The Morgan fingerprint density at radius 3 is 2.58 bits per heavy atom. The minimum atomic E-state index is -0.563. The first kappa shape index (κ1) is 14.3. The molecule has 1 atom stereocenters. The second-order valence-electron chi connectivity index (χ2n) is 5.91. The Morgan fingerprint density at radius 1 is 1.37 bits per heavy atom. The fraction of sp³-hybridized carbons (Fsp3) is 0.857. The number of amides is 3. The van der Waals surface area contributed by atoms with Crippen molar-refractivity contribution in [3.05, 3.63) is 0 Å². The van der Waals surface area contributed by atoms with Crippen molar-refractivity contribution in [3.63, 3.8) is 0 Å². The monoisotopic (exact) mass is 267 g/mol. The summed E-state index contributed by atoms with van der Waals surface area (Å²) in [5.41, 5.74) is -0.563. The third-order valence-electron chi connectivity index (χ3n) is 4.72. The molecule has 1 N–H and O–H groups in total. The first-order valence-corrected chi connectivity index (χ1v) is 7.34. The molecule has 1 saturated heterocycles. The molecule has 0 radical (unpaired) electrons. The molecule has 2 rings (SSSR count). The number of hydrogen-bond donors (Lipinski definition) is 1. The van der Waals surface area contributed by atoms with Crippen LogP contribution < -0.4 is 5.32 Å². The molecule has 0 bridgehead atoms. The van der Waals surface area contributed by atoms with Crippen molar-refractivity contribution < 1.29 is 9.59 Å². The van der Waals surface area contributed by atoms with Crippen molar-refractivity contribution in [2.45, 2.75) is 57.5 Å². The van der Waals surface area contributed by atoms with Crippen molar-refractivity contribution in [2.24, 2.45) is 0 Å². The third kappa shape index (κ3) is 2.61. The Hall–Kier alpha value is -1.10. The highest BCUT2D eigenvalue weighted by Crippen LogP contribution is 2.34. The van der Waals surface area contributed by atoms with Gasteiger partial charge < -0.3 is 10.2 Å². The molecule has 5 nitrogen and oxygen atoms in total. The fourth-order valence-electron chi connectivity index (χ4n) is 2.99. The lowest BCUT2D eigenvalue weighted by Gasteiger charge is -2.25. The van der Waals surface area contributed by atoms with Gasteiger partial charge in [-0.2, -0.15) is 0 Å². The zero-order chi connectivity index (χ0) is 14.0. The molecule has 0 aromatic heterocycles. The average Bonchev–Trinajstić information content (AvgIpc) is 2.94. The number of urea groups is 1. The average molecular weight is 267 g/mol. The molecule has 0 aromatic rings. The van der Waals surface area contributed by atoms with Crippen LogP contribution >= 0.6 is 0 Å². The van der Waals surface area contributed by atoms with E-state index in [2.05, 4.69) is 24.1 Å². The van der Waals surface area contributed by atoms with Gasteiger partial charge in [0, 0.05) is 19.1 Å². The van der Waals surface area contributed by atoms with E-state index >= 15 is 0 Å². The van der Waals surface area contributed by atoms with Gasteiger partial charge in [-0.05, 0) is 33.2 Å². The van der Waals surface area contributed by atoms with E-state index in [9.17, 15) is 9.59 Å². The van der Waals surface area contributed by atoms with Crippen molar-refractivity contribution in [1.82, 2.24) is 15.1 Å². The van der Waals surface area contributed by atoms with Crippen LogP contribution in [0.2, 0.25) is 0 Å². The molecule has 3 amide bonds. The Kier molecular flexibility index (Phi) is 4.13. The zero-order valence-electron chi connectivity index (χ0n) is 12.2. The lowest BCUT2D eigenvalue weighted by molar-refractivity contribution is -0.131. The minimum absolute atomic E-state index is 0.00690. The van der Waals surface area contributed by atoms with E-state index < -0.39 is 5.54 Å². The second kappa shape index (κ2) is 5.49. The van der Waals surface area contributed by atoms with Gasteiger partial charge >= 0.3 is 6.03 Å². The topological polar surface area (TPSA) is 52.6 Å². The minimum Gasteiger partial charge on any atom is -0.323 e. The summed E-state index contributed by atoms with van der Waals surface area (Å²) in [7, 11) is 2.04. The van der Waals surface area contributed by atoms with Crippen LogP contribution in [0.1, 0.15) is 46.0 Å². The molecule has 2 aliphatic rings. The van der Waals surface area contributed by atoms with E-state index in [0.29, 0.717) is 12.6 Å². The third-order valence-corrected chi connectivity index (χ3v) is 4.72. The molecule has 108 valence electrons. The van der Waals surface area contributed by atoms with Crippen molar-refractivity contribution in [2.75, 3.05) is 20.1 Å². The number of imide groups is 1. The first-order chi connectivity index (χ1) is 9.00. The highest BCUT2D eigenvalue weighted by molar-refractivity contribution is 6.07. The van der Waals surface area contributed by atoms with Crippen molar-refractivity contribution >= 4 is 11.9 Å². The van der Waals surface area contributed by atoms with Crippen LogP contribution in [0.3, 0.4) is 0 Å². The number of hydrogen-bond acceptors (Lipinski definition) is 3. The number of nitrogens with zero attached hydrogens (tertiary/aromatic N) is 2. The smallest absolute Gasteiger partial charge is 0.323 e. The highest BCUT2D eigenvalue weighted by atomic mass is 16.2. The fourth-order valence-corrected chi connectivity index (χ4v) is 2.99. The molecule has 5 heteroatoms. The Labute approximate surface area is 115 Å². The number of carbonyl (C=O) groups excluding carboxylic acids is 2. The molecule has 1 saturated carbocycles. The summed E-state index contributed by atoms with van der Waals surface area (Å²) in [4.78, 5) is 28.0. The standard InChI is InChI=1S/C14H25N3O2/c1-4-11(2)16(3)9-10-17-12(18)14(15-13(17)19)7-5-6-8-14/h11H,4-10H2,1-3H3,(H,15,19). The van der Waals surface area contributed by atoms with Crippen LogP contribution in [0.5, 0.6) is 0 Å². The summed E-state index contributed by atoms with van der Waals surface area (Å²) >= 11 is 0. The van der Waals surface area contributed by atoms with Crippen LogP contribution in [0.25, 0.3) is 0 Å². The predicted molar refractivity (Wildman–Crippen MR) is 73.8 cm³/mol. The van der Waals surface area contributed by atoms with Gasteiger partial charge in [-0.15, -0.1) is 0 Å². The number of nitrogens with one attached hydrogen (secondary N) is 1. The second-order valence-corrected chi connectivity index (χ2v) is 5.91. The SMILES string of the molecule is CCC(C)N(C)CCN1C(=O)NC2(CCCC2)C1=O. The van der Waals surface area contributed by atoms with E-state index in [-0.39, 0.29) is 11.9 Å². The van der Waals surface area contributed by atoms with Gasteiger partial charge in [0.25, 0.3) is 5.91 Å². The Bertz CT molecular complexity index is 364. The number of likely N-dealkylation sites (N-methyl/N-ethyl adjacent to an activating group) is 1. The number of rotatable bonds is 5. The van der Waals surface area contributed by atoms with Gasteiger partial charge in [0.1, 0.15) is 5.54 Å². The highest BCUT2D eigenvalue weighted by Gasteiger charge is 2.52. The van der Waals surface area contributed by atoms with Gasteiger partial charge in [-0.3, -0.25) is 9.69 Å². The molecular formula is C14H25N3O2. The largest absolute Gasteiger partial charge is 0.325 e. The van der Waals surface area contributed by atoms with Crippen molar-refractivity contribution in [3.8, 4) is 0 Å². The summed E-state index contributed by atoms with van der Waals surface area (Å²) < 4.78 is 0. The van der Waals surface area contributed by atoms with Crippen LogP contribution in [-0.4, -0.2) is 53.5 Å². The molecule has 2 fully saturated rings. The molecule has 1 unspecified atom stereocenters. The summed E-state index contributed by atoms with van der Waals surface area (Å²) in [6, 6.07) is 0.269. The summed E-state index contributed by atoms with van der Waals surface area (Å²) in [6.45, 7) is 5.53. The predicted octanol–water partition coefficient (Wildman–Crippen LogP) is 1.58. The molecule has 1 aliphatic heterocycles. The van der Waals surface area contributed by atoms with Gasteiger partial charge in [0.2, 0.25) is 0 Å². The van der Waals surface area contributed by atoms with Crippen LogP contribution in [-0.2, 0) is 4.79 Å². The summed E-state index contributed by atoms with van der Waals surface area (Å²) in [5.74, 6) is -0.00690. The maximum Gasteiger partial charge on any atom is 0.325 e. The lowest BCUT2D eigenvalue weighted by atomic mass is 9.98. The summed E-state index contributed by atoms with van der Waals surface area (Å²) in [6.07, 6.45) is 4.74. The Balaban J connectivity index is 1.94. The zero-order valence-corrected chi connectivity index (χ0v) is 12.2.